The normalized spacial score (nSPS) is 15.2. The zero-order valence-corrected chi connectivity index (χ0v) is 14.5. The van der Waals surface area contributed by atoms with Crippen molar-refractivity contribution < 1.29 is 9.59 Å². The van der Waals surface area contributed by atoms with Crippen LogP contribution in [0.25, 0.3) is 10.9 Å². The SMILES string of the molecule is Cc1cc(C(=O)N2CCN(C(=O)C(C)C)CC2)c2ccccc2n1. The molecule has 24 heavy (non-hydrogen) atoms. The third kappa shape index (κ3) is 3.11. The number of nitrogens with zero attached hydrogens (tertiary/aromatic N) is 3. The Morgan fingerprint density at radius 3 is 2.33 bits per heavy atom. The summed E-state index contributed by atoms with van der Waals surface area (Å²) in [6, 6.07) is 9.58. The Bertz CT molecular complexity index is 777. The van der Waals surface area contributed by atoms with Gasteiger partial charge in [-0.25, -0.2) is 0 Å². The van der Waals surface area contributed by atoms with Crippen molar-refractivity contribution in [3.8, 4) is 0 Å². The fourth-order valence-electron chi connectivity index (χ4n) is 3.15. The summed E-state index contributed by atoms with van der Waals surface area (Å²) >= 11 is 0. The van der Waals surface area contributed by atoms with E-state index >= 15 is 0 Å². The number of hydrogen-bond acceptors (Lipinski definition) is 3. The van der Waals surface area contributed by atoms with Gasteiger partial charge in [0.2, 0.25) is 5.91 Å². The van der Waals surface area contributed by atoms with E-state index in [1.165, 1.54) is 0 Å². The number of carbonyl (C=O) groups is 2. The molecule has 2 heterocycles. The van der Waals surface area contributed by atoms with Crippen molar-refractivity contribution in [2.24, 2.45) is 5.92 Å². The van der Waals surface area contributed by atoms with Crippen molar-refractivity contribution in [1.82, 2.24) is 14.8 Å². The van der Waals surface area contributed by atoms with E-state index in [9.17, 15) is 9.59 Å². The predicted octanol–water partition coefficient (Wildman–Crippen LogP) is 2.48. The lowest BCUT2D eigenvalue weighted by atomic mass is 10.1. The number of carbonyl (C=O) groups excluding carboxylic acids is 2. The van der Waals surface area contributed by atoms with Gasteiger partial charge in [0.1, 0.15) is 0 Å². The minimum atomic E-state index is -0.000887. The molecule has 1 aromatic carbocycles. The Balaban J connectivity index is 1.80. The molecular weight excluding hydrogens is 302 g/mol. The van der Waals surface area contributed by atoms with Gasteiger partial charge in [0.25, 0.3) is 5.91 Å². The lowest BCUT2D eigenvalue weighted by Gasteiger charge is -2.35. The van der Waals surface area contributed by atoms with Gasteiger partial charge in [-0.3, -0.25) is 14.6 Å². The number of hydrogen-bond donors (Lipinski definition) is 0. The molecule has 1 aliphatic heterocycles. The Morgan fingerprint density at radius 2 is 1.67 bits per heavy atom. The molecular formula is C19H23N3O2. The van der Waals surface area contributed by atoms with Gasteiger partial charge in [0.05, 0.1) is 11.1 Å². The second-order valence-electron chi connectivity index (χ2n) is 6.60. The van der Waals surface area contributed by atoms with Gasteiger partial charge < -0.3 is 9.80 Å². The minimum Gasteiger partial charge on any atom is -0.339 e. The van der Waals surface area contributed by atoms with Gasteiger partial charge in [0.15, 0.2) is 0 Å². The highest BCUT2D eigenvalue weighted by molar-refractivity contribution is 6.06. The van der Waals surface area contributed by atoms with E-state index in [4.69, 9.17) is 0 Å². The number of fused-ring (bicyclic) bond motifs is 1. The molecule has 126 valence electrons. The number of rotatable bonds is 2. The van der Waals surface area contributed by atoms with Gasteiger partial charge in [-0.15, -0.1) is 0 Å². The summed E-state index contributed by atoms with van der Waals surface area (Å²) in [4.78, 5) is 33.2. The van der Waals surface area contributed by atoms with Crippen LogP contribution in [0.5, 0.6) is 0 Å². The molecule has 1 aliphatic rings. The number of aryl methyl sites for hydroxylation is 1. The van der Waals surface area contributed by atoms with Crippen molar-refractivity contribution in [1.29, 1.82) is 0 Å². The van der Waals surface area contributed by atoms with Crippen LogP contribution in [0.15, 0.2) is 30.3 Å². The molecule has 0 N–H and O–H groups in total. The summed E-state index contributed by atoms with van der Waals surface area (Å²) in [5, 5.41) is 0.883. The topological polar surface area (TPSA) is 53.5 Å². The van der Waals surface area contributed by atoms with Crippen LogP contribution < -0.4 is 0 Å². The van der Waals surface area contributed by atoms with E-state index in [0.717, 1.165) is 16.6 Å². The standard InChI is InChI=1S/C19H23N3O2/c1-13(2)18(23)21-8-10-22(11-9-21)19(24)16-12-14(3)20-17-7-5-4-6-15(16)17/h4-7,12-13H,8-11H2,1-3H3. The maximum Gasteiger partial charge on any atom is 0.254 e. The molecule has 5 heteroatoms. The number of para-hydroxylation sites is 1. The Hall–Kier alpha value is -2.43. The highest BCUT2D eigenvalue weighted by atomic mass is 16.2. The highest BCUT2D eigenvalue weighted by Crippen LogP contribution is 2.20. The number of piperazine rings is 1. The summed E-state index contributed by atoms with van der Waals surface area (Å²) in [7, 11) is 0. The van der Waals surface area contributed by atoms with Gasteiger partial charge in [-0.05, 0) is 19.1 Å². The Kier molecular flexibility index (Phi) is 4.51. The van der Waals surface area contributed by atoms with Gasteiger partial charge in [-0.2, -0.15) is 0 Å². The van der Waals surface area contributed by atoms with E-state index in [0.29, 0.717) is 31.7 Å². The molecule has 1 aromatic heterocycles. The molecule has 0 aliphatic carbocycles. The minimum absolute atomic E-state index is 0.000887. The largest absolute Gasteiger partial charge is 0.339 e. The quantitative estimate of drug-likeness (QED) is 0.852. The lowest BCUT2D eigenvalue weighted by Crippen LogP contribution is -2.51. The van der Waals surface area contributed by atoms with Crippen LogP contribution in [0.3, 0.4) is 0 Å². The molecule has 2 aromatic rings. The van der Waals surface area contributed by atoms with Gasteiger partial charge in [-0.1, -0.05) is 32.0 Å². The number of aromatic nitrogens is 1. The van der Waals surface area contributed by atoms with Crippen LogP contribution in [0, 0.1) is 12.8 Å². The number of pyridine rings is 1. The average molecular weight is 325 g/mol. The van der Waals surface area contributed by atoms with Gasteiger partial charge >= 0.3 is 0 Å². The summed E-state index contributed by atoms with van der Waals surface area (Å²) in [5.41, 5.74) is 2.38. The van der Waals surface area contributed by atoms with Crippen molar-refractivity contribution >= 4 is 22.7 Å². The first-order valence-electron chi connectivity index (χ1n) is 8.42. The van der Waals surface area contributed by atoms with E-state index in [1.54, 1.807) is 0 Å². The first-order valence-corrected chi connectivity index (χ1v) is 8.42. The molecule has 1 fully saturated rings. The molecule has 0 unspecified atom stereocenters. The average Bonchev–Trinajstić information content (AvgIpc) is 2.59. The summed E-state index contributed by atoms with van der Waals surface area (Å²) in [5.74, 6) is 0.180. The van der Waals surface area contributed by atoms with Gasteiger partial charge in [0, 0.05) is 43.2 Å². The van der Waals surface area contributed by atoms with Crippen LogP contribution in [0.4, 0.5) is 0 Å². The van der Waals surface area contributed by atoms with Crippen LogP contribution in [0.1, 0.15) is 29.9 Å². The van der Waals surface area contributed by atoms with Crippen LogP contribution >= 0.6 is 0 Å². The summed E-state index contributed by atoms with van der Waals surface area (Å²) in [6.07, 6.45) is 0. The molecule has 0 radical (unpaired) electrons. The number of amides is 2. The third-order valence-corrected chi connectivity index (χ3v) is 4.45. The second-order valence-corrected chi connectivity index (χ2v) is 6.60. The Labute approximate surface area is 142 Å². The maximum absolute atomic E-state index is 13.0. The lowest BCUT2D eigenvalue weighted by molar-refractivity contribution is -0.135. The van der Waals surface area contributed by atoms with Crippen LogP contribution in [-0.4, -0.2) is 52.8 Å². The molecule has 5 nitrogen and oxygen atoms in total. The van der Waals surface area contributed by atoms with E-state index in [-0.39, 0.29) is 17.7 Å². The monoisotopic (exact) mass is 325 g/mol. The fourth-order valence-corrected chi connectivity index (χ4v) is 3.15. The molecule has 0 bridgehead atoms. The van der Waals surface area contributed by atoms with E-state index in [2.05, 4.69) is 4.98 Å². The second kappa shape index (κ2) is 6.59. The van der Waals surface area contributed by atoms with Crippen molar-refractivity contribution in [2.45, 2.75) is 20.8 Å². The molecule has 0 spiro atoms. The zero-order valence-electron chi connectivity index (χ0n) is 14.5. The smallest absolute Gasteiger partial charge is 0.254 e. The first-order chi connectivity index (χ1) is 11.5. The van der Waals surface area contributed by atoms with E-state index in [1.807, 2.05) is 60.9 Å². The summed E-state index contributed by atoms with van der Waals surface area (Å²) in [6.45, 7) is 8.08. The van der Waals surface area contributed by atoms with Crippen LogP contribution in [0.2, 0.25) is 0 Å². The summed E-state index contributed by atoms with van der Waals surface area (Å²) < 4.78 is 0. The first kappa shape index (κ1) is 16.4. The van der Waals surface area contributed by atoms with E-state index < -0.39 is 0 Å². The van der Waals surface area contributed by atoms with Crippen molar-refractivity contribution in [3.05, 3.63) is 41.6 Å². The highest BCUT2D eigenvalue weighted by Gasteiger charge is 2.26. The molecule has 1 saturated heterocycles. The molecule has 0 atom stereocenters. The Morgan fingerprint density at radius 1 is 1.04 bits per heavy atom. The zero-order chi connectivity index (χ0) is 17.3. The molecule has 2 amide bonds. The van der Waals surface area contributed by atoms with Crippen LogP contribution in [-0.2, 0) is 4.79 Å². The number of benzene rings is 1. The maximum atomic E-state index is 13.0. The molecule has 3 rings (SSSR count). The van der Waals surface area contributed by atoms with Crippen molar-refractivity contribution in [2.75, 3.05) is 26.2 Å². The fraction of sp³-hybridized carbons (Fsp3) is 0.421. The third-order valence-electron chi connectivity index (χ3n) is 4.45. The molecule has 0 saturated carbocycles. The van der Waals surface area contributed by atoms with Crippen molar-refractivity contribution in [3.63, 3.8) is 0 Å². The predicted molar refractivity (Wildman–Crippen MR) is 93.8 cm³/mol.